The number of rotatable bonds is 7. The van der Waals surface area contributed by atoms with E-state index in [1.807, 2.05) is 24.3 Å². The highest BCUT2D eigenvalue weighted by molar-refractivity contribution is 5.35. The van der Waals surface area contributed by atoms with E-state index >= 15 is 0 Å². The van der Waals surface area contributed by atoms with E-state index in [0.29, 0.717) is 19.3 Å². The van der Waals surface area contributed by atoms with E-state index < -0.39 is 0 Å². The first-order valence-electron chi connectivity index (χ1n) is 6.89. The Labute approximate surface area is 114 Å². The topological polar surface area (TPSA) is 53.7 Å². The minimum atomic E-state index is -0.0400. The van der Waals surface area contributed by atoms with Gasteiger partial charge in [0, 0.05) is 25.3 Å². The van der Waals surface area contributed by atoms with Gasteiger partial charge in [0.15, 0.2) is 0 Å². The van der Waals surface area contributed by atoms with Gasteiger partial charge in [-0.2, -0.15) is 0 Å². The minimum absolute atomic E-state index is 0.0400. The summed E-state index contributed by atoms with van der Waals surface area (Å²) in [5, 5.41) is 0. The Morgan fingerprint density at radius 3 is 2.95 bits per heavy atom. The Balaban J connectivity index is 1.96. The fourth-order valence-corrected chi connectivity index (χ4v) is 2.39. The van der Waals surface area contributed by atoms with E-state index in [-0.39, 0.29) is 6.04 Å². The Hall–Kier alpha value is -1.10. The number of benzene rings is 1. The van der Waals surface area contributed by atoms with Crippen LogP contribution in [0, 0.1) is 0 Å². The summed E-state index contributed by atoms with van der Waals surface area (Å²) in [5.41, 5.74) is 7.34. The lowest BCUT2D eigenvalue weighted by atomic mass is 9.99. The second-order valence-corrected chi connectivity index (χ2v) is 4.86. The number of methoxy groups -OCH3 is 1. The highest BCUT2D eigenvalue weighted by Gasteiger charge is 2.21. The fourth-order valence-electron chi connectivity index (χ4n) is 2.39. The van der Waals surface area contributed by atoms with Gasteiger partial charge in [0.05, 0.1) is 12.7 Å². The predicted octanol–water partition coefficient (Wildman–Crippen LogP) is 2.28. The summed E-state index contributed by atoms with van der Waals surface area (Å²) in [7, 11) is 1.67. The monoisotopic (exact) mass is 265 g/mol. The van der Waals surface area contributed by atoms with Gasteiger partial charge in [0.2, 0.25) is 0 Å². The molecule has 2 unspecified atom stereocenters. The number of para-hydroxylation sites is 1. The van der Waals surface area contributed by atoms with Crippen molar-refractivity contribution in [2.75, 3.05) is 26.9 Å². The molecule has 19 heavy (non-hydrogen) atoms. The highest BCUT2D eigenvalue weighted by Crippen LogP contribution is 2.29. The summed E-state index contributed by atoms with van der Waals surface area (Å²) in [6.45, 7) is 1.98. The van der Waals surface area contributed by atoms with Gasteiger partial charge in [-0.25, -0.2) is 0 Å². The highest BCUT2D eigenvalue weighted by atomic mass is 16.5. The molecule has 1 aliphatic heterocycles. The molecular weight excluding hydrogens is 242 g/mol. The van der Waals surface area contributed by atoms with E-state index in [1.165, 1.54) is 0 Å². The molecule has 2 N–H and O–H groups in total. The van der Waals surface area contributed by atoms with Gasteiger partial charge in [-0.3, -0.25) is 0 Å². The predicted molar refractivity (Wildman–Crippen MR) is 74.3 cm³/mol. The van der Waals surface area contributed by atoms with Crippen molar-refractivity contribution in [2.45, 2.75) is 31.4 Å². The molecule has 4 nitrogen and oxygen atoms in total. The van der Waals surface area contributed by atoms with Crippen LogP contribution < -0.4 is 10.5 Å². The van der Waals surface area contributed by atoms with Crippen LogP contribution in [0.3, 0.4) is 0 Å². The molecule has 1 aliphatic rings. The van der Waals surface area contributed by atoms with Gasteiger partial charge in [0.1, 0.15) is 12.4 Å². The Kier molecular flexibility index (Phi) is 5.63. The van der Waals surface area contributed by atoms with E-state index in [1.54, 1.807) is 7.11 Å². The number of ether oxygens (including phenoxy) is 3. The zero-order chi connectivity index (χ0) is 13.5. The normalized spacial score (nSPS) is 20.4. The van der Waals surface area contributed by atoms with Gasteiger partial charge in [0.25, 0.3) is 0 Å². The van der Waals surface area contributed by atoms with Crippen LogP contribution in [0.25, 0.3) is 0 Å². The third-order valence-corrected chi connectivity index (χ3v) is 3.40. The molecule has 2 atom stereocenters. The van der Waals surface area contributed by atoms with Crippen molar-refractivity contribution in [1.82, 2.24) is 0 Å². The fraction of sp³-hybridized carbons (Fsp3) is 0.600. The van der Waals surface area contributed by atoms with E-state index in [2.05, 4.69) is 0 Å². The van der Waals surface area contributed by atoms with Crippen LogP contribution in [0.4, 0.5) is 0 Å². The van der Waals surface area contributed by atoms with E-state index in [0.717, 1.165) is 37.2 Å². The molecule has 0 bridgehead atoms. The van der Waals surface area contributed by atoms with Gasteiger partial charge in [-0.1, -0.05) is 18.2 Å². The second kappa shape index (κ2) is 7.48. The molecule has 0 amide bonds. The summed E-state index contributed by atoms with van der Waals surface area (Å²) < 4.78 is 16.4. The maximum absolute atomic E-state index is 6.29. The molecule has 1 fully saturated rings. The molecular formula is C15H23NO3. The average molecular weight is 265 g/mol. The van der Waals surface area contributed by atoms with Crippen molar-refractivity contribution in [3.8, 4) is 5.75 Å². The van der Waals surface area contributed by atoms with Crippen LogP contribution in [0.5, 0.6) is 5.75 Å². The van der Waals surface area contributed by atoms with Crippen LogP contribution in [-0.2, 0) is 9.47 Å². The van der Waals surface area contributed by atoms with Crippen LogP contribution >= 0.6 is 0 Å². The lowest BCUT2D eigenvalue weighted by Crippen LogP contribution is -2.19. The zero-order valence-electron chi connectivity index (χ0n) is 11.5. The molecule has 106 valence electrons. The molecule has 0 aliphatic carbocycles. The minimum Gasteiger partial charge on any atom is -0.491 e. The Bertz CT molecular complexity index is 377. The quantitative estimate of drug-likeness (QED) is 0.768. The summed E-state index contributed by atoms with van der Waals surface area (Å²) in [6, 6.07) is 7.90. The average Bonchev–Trinajstić information content (AvgIpc) is 2.92. The third-order valence-electron chi connectivity index (χ3n) is 3.40. The van der Waals surface area contributed by atoms with E-state index in [9.17, 15) is 0 Å². The molecule has 0 saturated carbocycles. The summed E-state index contributed by atoms with van der Waals surface area (Å²) in [6.07, 6.45) is 3.40. The van der Waals surface area contributed by atoms with Gasteiger partial charge in [-0.05, 0) is 25.3 Å². The molecule has 0 aromatic heterocycles. The summed E-state index contributed by atoms with van der Waals surface area (Å²) in [4.78, 5) is 0. The third kappa shape index (κ3) is 4.20. The first kappa shape index (κ1) is 14.3. The molecule has 1 heterocycles. The van der Waals surface area contributed by atoms with Crippen LogP contribution in [-0.4, -0.2) is 33.0 Å². The maximum atomic E-state index is 6.29. The van der Waals surface area contributed by atoms with Crippen molar-refractivity contribution in [1.29, 1.82) is 0 Å². The maximum Gasteiger partial charge on any atom is 0.124 e. The van der Waals surface area contributed by atoms with Crippen molar-refractivity contribution in [3.05, 3.63) is 29.8 Å². The molecule has 1 aromatic rings. The summed E-state index contributed by atoms with van der Waals surface area (Å²) in [5.74, 6) is 0.852. The van der Waals surface area contributed by atoms with Crippen molar-refractivity contribution >= 4 is 0 Å². The molecule has 1 aromatic carbocycles. The van der Waals surface area contributed by atoms with Crippen molar-refractivity contribution in [3.63, 3.8) is 0 Å². The molecule has 4 heteroatoms. The lowest BCUT2D eigenvalue weighted by Gasteiger charge is -2.19. The van der Waals surface area contributed by atoms with Crippen molar-refractivity contribution < 1.29 is 14.2 Å². The van der Waals surface area contributed by atoms with Gasteiger partial charge < -0.3 is 19.9 Å². The van der Waals surface area contributed by atoms with Crippen LogP contribution in [0.15, 0.2) is 24.3 Å². The van der Waals surface area contributed by atoms with Crippen LogP contribution in [0.1, 0.15) is 30.9 Å². The summed E-state index contributed by atoms with van der Waals surface area (Å²) >= 11 is 0. The lowest BCUT2D eigenvalue weighted by molar-refractivity contribution is 0.0977. The first-order valence-corrected chi connectivity index (χ1v) is 6.89. The van der Waals surface area contributed by atoms with E-state index in [4.69, 9.17) is 19.9 Å². The zero-order valence-corrected chi connectivity index (χ0v) is 11.5. The Morgan fingerprint density at radius 2 is 2.21 bits per heavy atom. The van der Waals surface area contributed by atoms with Gasteiger partial charge in [-0.15, -0.1) is 0 Å². The van der Waals surface area contributed by atoms with Crippen molar-refractivity contribution in [2.24, 2.45) is 5.73 Å². The standard InChI is InChI=1S/C15H23NO3/c1-17-9-10-19-15-7-3-2-6-13(15)14(16)11-12-5-4-8-18-12/h2-3,6-7,12,14H,4-5,8-11,16H2,1H3. The largest absolute Gasteiger partial charge is 0.491 e. The smallest absolute Gasteiger partial charge is 0.124 e. The molecule has 1 saturated heterocycles. The second-order valence-electron chi connectivity index (χ2n) is 4.86. The number of hydrogen-bond acceptors (Lipinski definition) is 4. The van der Waals surface area contributed by atoms with Crippen LogP contribution in [0.2, 0.25) is 0 Å². The molecule has 0 radical (unpaired) electrons. The first-order chi connectivity index (χ1) is 9.31. The number of nitrogens with two attached hydrogens (primary N) is 1. The number of hydrogen-bond donors (Lipinski definition) is 1. The molecule has 0 spiro atoms. The van der Waals surface area contributed by atoms with Gasteiger partial charge >= 0.3 is 0 Å². The Morgan fingerprint density at radius 1 is 1.37 bits per heavy atom. The molecule has 2 rings (SSSR count). The SMILES string of the molecule is COCCOc1ccccc1C(N)CC1CCCO1.